The Morgan fingerprint density at radius 2 is 1.90 bits per heavy atom. The Morgan fingerprint density at radius 1 is 1.13 bits per heavy atom. The Morgan fingerprint density at radius 3 is 2.68 bits per heavy atom. The van der Waals surface area contributed by atoms with Crippen molar-refractivity contribution in [2.24, 2.45) is 0 Å². The SMILES string of the molecule is Cc1cccc2c(=O)n(CCC(=O)NC(CN3CCOCC3)c3ccccc3)cnc12. The number of fused-ring (bicyclic) bond motifs is 1. The van der Waals surface area contributed by atoms with Crippen molar-refractivity contribution in [3.63, 3.8) is 0 Å². The molecule has 2 heterocycles. The highest BCUT2D eigenvalue weighted by Crippen LogP contribution is 2.16. The van der Waals surface area contributed by atoms with Gasteiger partial charge in [0.2, 0.25) is 5.91 Å². The van der Waals surface area contributed by atoms with E-state index in [0.29, 0.717) is 30.7 Å². The number of hydrogen-bond acceptors (Lipinski definition) is 5. The average molecular weight is 421 g/mol. The van der Waals surface area contributed by atoms with Crippen molar-refractivity contribution in [1.29, 1.82) is 0 Å². The smallest absolute Gasteiger partial charge is 0.261 e. The maximum absolute atomic E-state index is 12.8. The molecule has 1 fully saturated rings. The lowest BCUT2D eigenvalue weighted by molar-refractivity contribution is -0.122. The summed E-state index contributed by atoms with van der Waals surface area (Å²) in [6, 6.07) is 15.5. The van der Waals surface area contributed by atoms with Crippen molar-refractivity contribution in [2.75, 3.05) is 32.8 Å². The summed E-state index contributed by atoms with van der Waals surface area (Å²) in [7, 11) is 0. The highest BCUT2D eigenvalue weighted by atomic mass is 16.5. The predicted molar refractivity (Wildman–Crippen MR) is 120 cm³/mol. The zero-order valence-corrected chi connectivity index (χ0v) is 17.8. The van der Waals surface area contributed by atoms with E-state index < -0.39 is 0 Å². The Balaban J connectivity index is 1.43. The molecule has 0 saturated carbocycles. The normalized spacial score (nSPS) is 15.6. The van der Waals surface area contributed by atoms with Gasteiger partial charge in [-0.25, -0.2) is 4.98 Å². The van der Waals surface area contributed by atoms with Gasteiger partial charge in [-0.05, 0) is 24.1 Å². The highest BCUT2D eigenvalue weighted by molar-refractivity contribution is 5.80. The van der Waals surface area contributed by atoms with Crippen LogP contribution in [0.4, 0.5) is 0 Å². The van der Waals surface area contributed by atoms with E-state index in [4.69, 9.17) is 4.74 Å². The summed E-state index contributed by atoms with van der Waals surface area (Å²) in [6.07, 6.45) is 1.75. The van der Waals surface area contributed by atoms with Crippen LogP contribution in [0.25, 0.3) is 10.9 Å². The molecule has 3 aromatic rings. The molecule has 7 nitrogen and oxygen atoms in total. The van der Waals surface area contributed by atoms with Gasteiger partial charge in [0.25, 0.3) is 5.56 Å². The van der Waals surface area contributed by atoms with E-state index in [0.717, 1.165) is 30.8 Å². The van der Waals surface area contributed by atoms with Gasteiger partial charge in [-0.1, -0.05) is 42.5 Å². The molecule has 2 aromatic carbocycles. The predicted octanol–water partition coefficient (Wildman–Crippen LogP) is 2.28. The molecule has 162 valence electrons. The van der Waals surface area contributed by atoms with Crippen molar-refractivity contribution in [3.8, 4) is 0 Å². The van der Waals surface area contributed by atoms with E-state index in [-0.39, 0.29) is 23.9 Å². The van der Waals surface area contributed by atoms with E-state index in [9.17, 15) is 9.59 Å². The molecule has 1 saturated heterocycles. The Kier molecular flexibility index (Phi) is 6.74. The molecule has 1 aliphatic rings. The van der Waals surface area contributed by atoms with E-state index in [1.807, 2.05) is 49.4 Å². The van der Waals surface area contributed by atoms with Gasteiger partial charge < -0.3 is 10.1 Å². The van der Waals surface area contributed by atoms with Crippen LogP contribution in [0.15, 0.2) is 59.7 Å². The Bertz CT molecular complexity index is 1090. The van der Waals surface area contributed by atoms with E-state index in [1.54, 1.807) is 6.07 Å². The number of aromatic nitrogens is 2. The fourth-order valence-corrected chi connectivity index (χ4v) is 3.95. The summed E-state index contributed by atoms with van der Waals surface area (Å²) >= 11 is 0. The number of ether oxygens (including phenoxy) is 1. The summed E-state index contributed by atoms with van der Waals surface area (Å²) in [6.45, 7) is 6.11. The second-order valence-corrected chi connectivity index (χ2v) is 7.91. The van der Waals surface area contributed by atoms with Crippen LogP contribution in [-0.4, -0.2) is 53.2 Å². The van der Waals surface area contributed by atoms with Crippen LogP contribution < -0.4 is 10.9 Å². The van der Waals surface area contributed by atoms with Crippen LogP contribution in [0.5, 0.6) is 0 Å². The van der Waals surface area contributed by atoms with Crippen molar-refractivity contribution < 1.29 is 9.53 Å². The van der Waals surface area contributed by atoms with Gasteiger partial charge in [0.05, 0.1) is 36.5 Å². The molecule has 7 heteroatoms. The number of nitrogens with one attached hydrogen (secondary N) is 1. The number of amides is 1. The molecule has 1 aliphatic heterocycles. The van der Waals surface area contributed by atoms with Gasteiger partial charge in [-0.2, -0.15) is 0 Å². The molecule has 1 aromatic heterocycles. The molecule has 1 atom stereocenters. The number of para-hydroxylation sites is 1. The average Bonchev–Trinajstić information content (AvgIpc) is 2.80. The molecule has 31 heavy (non-hydrogen) atoms. The summed E-state index contributed by atoms with van der Waals surface area (Å²) < 4.78 is 6.95. The first kappa shape index (κ1) is 21.2. The first-order valence-electron chi connectivity index (χ1n) is 10.7. The van der Waals surface area contributed by atoms with Gasteiger partial charge in [-0.3, -0.25) is 19.1 Å². The maximum Gasteiger partial charge on any atom is 0.261 e. The van der Waals surface area contributed by atoms with Crippen molar-refractivity contribution in [2.45, 2.75) is 25.9 Å². The Hall–Kier alpha value is -3.03. The second-order valence-electron chi connectivity index (χ2n) is 7.91. The van der Waals surface area contributed by atoms with Crippen molar-refractivity contribution in [1.82, 2.24) is 19.8 Å². The van der Waals surface area contributed by atoms with Crippen LogP contribution in [-0.2, 0) is 16.1 Å². The lowest BCUT2D eigenvalue weighted by Gasteiger charge is -2.31. The minimum absolute atomic E-state index is 0.0849. The fraction of sp³-hybridized carbons (Fsp3) is 0.375. The van der Waals surface area contributed by atoms with Crippen LogP contribution in [0.1, 0.15) is 23.6 Å². The monoisotopic (exact) mass is 420 g/mol. The number of morpholine rings is 1. The molecule has 4 rings (SSSR count). The van der Waals surface area contributed by atoms with Crippen molar-refractivity contribution in [3.05, 3.63) is 76.3 Å². The largest absolute Gasteiger partial charge is 0.379 e. The standard InChI is InChI=1S/C24H28N4O3/c1-18-6-5-9-20-23(18)25-17-28(24(20)30)11-10-22(29)26-21(19-7-3-2-4-8-19)16-27-12-14-31-15-13-27/h2-9,17,21H,10-16H2,1H3,(H,26,29). The lowest BCUT2D eigenvalue weighted by atomic mass is 10.1. The first-order valence-corrected chi connectivity index (χ1v) is 10.7. The zero-order chi connectivity index (χ0) is 21.6. The Labute approximate surface area is 181 Å². The van der Waals surface area contributed by atoms with E-state index in [1.165, 1.54) is 10.9 Å². The summed E-state index contributed by atoms with van der Waals surface area (Å²) in [5, 5.41) is 3.74. The van der Waals surface area contributed by atoms with Crippen LogP contribution in [0.2, 0.25) is 0 Å². The molecule has 1 unspecified atom stereocenters. The van der Waals surface area contributed by atoms with Gasteiger partial charge in [0.15, 0.2) is 0 Å². The number of aryl methyl sites for hydroxylation is 2. The van der Waals surface area contributed by atoms with Crippen LogP contribution in [0.3, 0.4) is 0 Å². The quantitative estimate of drug-likeness (QED) is 0.635. The molecule has 1 amide bonds. The zero-order valence-electron chi connectivity index (χ0n) is 17.8. The number of nitrogens with zero attached hydrogens (tertiary/aromatic N) is 3. The molecule has 1 N–H and O–H groups in total. The van der Waals surface area contributed by atoms with Gasteiger partial charge in [0, 0.05) is 32.6 Å². The maximum atomic E-state index is 12.8. The van der Waals surface area contributed by atoms with Gasteiger partial charge in [-0.15, -0.1) is 0 Å². The number of carbonyl (C=O) groups excluding carboxylic acids is 1. The number of carbonyl (C=O) groups is 1. The third-order valence-electron chi connectivity index (χ3n) is 5.72. The highest BCUT2D eigenvalue weighted by Gasteiger charge is 2.20. The summed E-state index contributed by atoms with van der Waals surface area (Å²) in [5.41, 5.74) is 2.63. The number of benzene rings is 2. The molecule has 0 spiro atoms. The minimum Gasteiger partial charge on any atom is -0.379 e. The first-order chi connectivity index (χ1) is 15.1. The minimum atomic E-state index is -0.116. The van der Waals surface area contributed by atoms with E-state index in [2.05, 4.69) is 15.2 Å². The third kappa shape index (κ3) is 5.18. The van der Waals surface area contributed by atoms with Gasteiger partial charge in [0.1, 0.15) is 0 Å². The fourth-order valence-electron chi connectivity index (χ4n) is 3.95. The number of rotatable bonds is 7. The molecule has 0 radical (unpaired) electrons. The third-order valence-corrected chi connectivity index (χ3v) is 5.72. The number of hydrogen-bond donors (Lipinski definition) is 1. The van der Waals surface area contributed by atoms with Crippen LogP contribution in [0, 0.1) is 6.92 Å². The molecule has 0 aliphatic carbocycles. The van der Waals surface area contributed by atoms with E-state index >= 15 is 0 Å². The molecular weight excluding hydrogens is 392 g/mol. The molecule has 0 bridgehead atoms. The van der Waals surface area contributed by atoms with Gasteiger partial charge >= 0.3 is 0 Å². The van der Waals surface area contributed by atoms with Crippen LogP contribution >= 0.6 is 0 Å². The summed E-state index contributed by atoms with van der Waals surface area (Å²) in [4.78, 5) is 32.3. The topological polar surface area (TPSA) is 76.5 Å². The van der Waals surface area contributed by atoms with Crippen molar-refractivity contribution >= 4 is 16.8 Å². The summed E-state index contributed by atoms with van der Waals surface area (Å²) in [5.74, 6) is -0.0849. The molecular formula is C24H28N4O3. The lowest BCUT2D eigenvalue weighted by Crippen LogP contribution is -2.43. The second kappa shape index (κ2) is 9.85.